The van der Waals surface area contributed by atoms with Gasteiger partial charge in [0.2, 0.25) is 11.8 Å². The molecule has 0 aromatic heterocycles. The molecule has 0 radical (unpaired) electrons. The Hall–Kier alpha value is -3.60. The number of ether oxygens (including phenoxy) is 1. The molecule has 0 fully saturated rings. The molecule has 3 aromatic rings. The Labute approximate surface area is 164 Å². The topological polar surface area (TPSA) is 67.4 Å². The van der Waals surface area contributed by atoms with Gasteiger partial charge in [0.25, 0.3) is 0 Å². The minimum Gasteiger partial charge on any atom is -0.495 e. The molecule has 0 aliphatic rings. The van der Waals surface area contributed by atoms with Gasteiger partial charge >= 0.3 is 0 Å². The number of carbonyl (C=O) groups excluding carboxylic acids is 2. The second kappa shape index (κ2) is 8.86. The minimum absolute atomic E-state index is 0.185. The Balaban J connectivity index is 1.95. The van der Waals surface area contributed by atoms with Crippen LogP contribution < -0.4 is 15.4 Å². The summed E-state index contributed by atoms with van der Waals surface area (Å²) in [6.45, 7) is 1.43. The average molecular weight is 374 g/mol. The third-order valence-corrected chi connectivity index (χ3v) is 4.31. The van der Waals surface area contributed by atoms with Crippen LogP contribution in [0.3, 0.4) is 0 Å². The highest BCUT2D eigenvalue weighted by atomic mass is 16.5. The van der Waals surface area contributed by atoms with Crippen molar-refractivity contribution in [2.24, 2.45) is 0 Å². The van der Waals surface area contributed by atoms with Gasteiger partial charge in [0.15, 0.2) is 0 Å². The summed E-state index contributed by atoms with van der Waals surface area (Å²) in [6.07, 6.45) is 0. The first-order valence-corrected chi connectivity index (χ1v) is 8.95. The summed E-state index contributed by atoms with van der Waals surface area (Å²) < 4.78 is 5.37. The zero-order valence-corrected chi connectivity index (χ0v) is 15.8. The van der Waals surface area contributed by atoms with Gasteiger partial charge in [0.05, 0.1) is 18.7 Å². The largest absolute Gasteiger partial charge is 0.495 e. The Kier molecular flexibility index (Phi) is 6.07. The van der Waals surface area contributed by atoms with Crippen molar-refractivity contribution in [3.05, 3.63) is 90.0 Å². The van der Waals surface area contributed by atoms with E-state index in [9.17, 15) is 9.59 Å². The minimum atomic E-state index is -0.475. The van der Waals surface area contributed by atoms with E-state index in [1.807, 2.05) is 60.7 Å². The lowest BCUT2D eigenvalue weighted by Gasteiger charge is -2.19. The van der Waals surface area contributed by atoms with E-state index in [2.05, 4.69) is 10.6 Å². The molecule has 142 valence electrons. The average Bonchev–Trinajstić information content (AvgIpc) is 2.69. The summed E-state index contributed by atoms with van der Waals surface area (Å²) in [6, 6.07) is 24.3. The van der Waals surface area contributed by atoms with Crippen molar-refractivity contribution >= 4 is 23.2 Å². The molecule has 0 heterocycles. The number of anilines is 2. The number of nitrogens with one attached hydrogen (secondary N) is 2. The fourth-order valence-corrected chi connectivity index (χ4v) is 3.08. The van der Waals surface area contributed by atoms with Crippen LogP contribution in [0.5, 0.6) is 5.75 Å². The lowest BCUT2D eigenvalue weighted by Crippen LogP contribution is -2.22. The van der Waals surface area contributed by atoms with E-state index in [-0.39, 0.29) is 11.8 Å². The molecule has 0 saturated carbocycles. The van der Waals surface area contributed by atoms with Crippen LogP contribution in [0.4, 0.5) is 11.4 Å². The highest BCUT2D eigenvalue weighted by molar-refractivity contribution is 6.00. The number of benzene rings is 3. The van der Waals surface area contributed by atoms with Crippen LogP contribution in [-0.2, 0) is 9.59 Å². The van der Waals surface area contributed by atoms with Crippen molar-refractivity contribution in [3.8, 4) is 5.75 Å². The predicted molar refractivity (Wildman–Crippen MR) is 111 cm³/mol. The molecule has 0 aliphatic heterocycles. The molecular formula is C23H22N2O3. The van der Waals surface area contributed by atoms with Crippen LogP contribution >= 0.6 is 0 Å². The van der Waals surface area contributed by atoms with Gasteiger partial charge < -0.3 is 15.4 Å². The van der Waals surface area contributed by atoms with Gasteiger partial charge in [-0.15, -0.1) is 0 Å². The summed E-state index contributed by atoms with van der Waals surface area (Å²) in [5, 5.41) is 5.67. The third kappa shape index (κ3) is 4.57. The van der Waals surface area contributed by atoms with Crippen molar-refractivity contribution < 1.29 is 14.3 Å². The van der Waals surface area contributed by atoms with E-state index in [0.29, 0.717) is 17.1 Å². The van der Waals surface area contributed by atoms with E-state index in [0.717, 1.165) is 11.1 Å². The van der Waals surface area contributed by atoms with Gasteiger partial charge in [-0.1, -0.05) is 60.7 Å². The Bertz CT molecular complexity index is 917. The summed E-state index contributed by atoms with van der Waals surface area (Å²) in [4.78, 5) is 24.6. The summed E-state index contributed by atoms with van der Waals surface area (Å²) in [7, 11) is 1.54. The fourth-order valence-electron chi connectivity index (χ4n) is 3.08. The van der Waals surface area contributed by atoms with Gasteiger partial charge in [0, 0.05) is 12.6 Å². The number of amides is 2. The number of methoxy groups -OCH3 is 1. The monoisotopic (exact) mass is 374 g/mol. The van der Waals surface area contributed by atoms with E-state index in [1.165, 1.54) is 14.0 Å². The van der Waals surface area contributed by atoms with Crippen molar-refractivity contribution in [1.29, 1.82) is 0 Å². The summed E-state index contributed by atoms with van der Waals surface area (Å²) in [5.74, 6) is -0.330. The first-order chi connectivity index (χ1) is 13.6. The zero-order valence-electron chi connectivity index (χ0n) is 15.8. The van der Waals surface area contributed by atoms with Gasteiger partial charge in [-0.05, 0) is 29.3 Å². The molecule has 0 atom stereocenters. The maximum absolute atomic E-state index is 13.3. The lowest BCUT2D eigenvalue weighted by atomic mass is 9.90. The van der Waals surface area contributed by atoms with Crippen LogP contribution in [0.2, 0.25) is 0 Å². The van der Waals surface area contributed by atoms with E-state index in [4.69, 9.17) is 4.74 Å². The Morgan fingerprint density at radius 3 is 1.89 bits per heavy atom. The second-order valence-electron chi connectivity index (χ2n) is 6.34. The first-order valence-electron chi connectivity index (χ1n) is 8.95. The van der Waals surface area contributed by atoms with E-state index < -0.39 is 5.92 Å². The molecule has 2 amide bonds. The number of carbonyl (C=O) groups is 2. The first kappa shape index (κ1) is 19.2. The maximum Gasteiger partial charge on any atom is 0.236 e. The molecule has 0 saturated heterocycles. The molecule has 3 rings (SSSR count). The maximum atomic E-state index is 13.3. The van der Waals surface area contributed by atoms with Crippen LogP contribution in [0.15, 0.2) is 78.9 Å². The molecular weight excluding hydrogens is 352 g/mol. The predicted octanol–water partition coefficient (Wildman–Crippen LogP) is 4.42. The van der Waals surface area contributed by atoms with E-state index in [1.54, 1.807) is 18.2 Å². The molecule has 0 spiro atoms. The van der Waals surface area contributed by atoms with Crippen LogP contribution in [0.25, 0.3) is 0 Å². The number of hydrogen-bond donors (Lipinski definition) is 2. The Morgan fingerprint density at radius 2 is 1.39 bits per heavy atom. The highest BCUT2D eigenvalue weighted by Crippen LogP contribution is 2.31. The number of rotatable bonds is 6. The smallest absolute Gasteiger partial charge is 0.236 e. The summed E-state index contributed by atoms with van der Waals surface area (Å²) >= 11 is 0. The van der Waals surface area contributed by atoms with Crippen LogP contribution in [-0.4, -0.2) is 18.9 Å². The van der Waals surface area contributed by atoms with Crippen molar-refractivity contribution in [2.45, 2.75) is 12.8 Å². The lowest BCUT2D eigenvalue weighted by molar-refractivity contribution is -0.117. The molecule has 3 aromatic carbocycles. The molecule has 0 unspecified atom stereocenters. The van der Waals surface area contributed by atoms with Crippen LogP contribution in [0, 0.1) is 0 Å². The number of hydrogen-bond acceptors (Lipinski definition) is 3. The van der Waals surface area contributed by atoms with E-state index >= 15 is 0 Å². The SMILES string of the molecule is COc1ccc(NC(C)=O)cc1NC(=O)C(c1ccccc1)c1ccccc1. The van der Waals surface area contributed by atoms with Crippen molar-refractivity contribution in [1.82, 2.24) is 0 Å². The molecule has 5 nitrogen and oxygen atoms in total. The Morgan fingerprint density at radius 1 is 0.821 bits per heavy atom. The molecule has 0 bridgehead atoms. The molecule has 2 N–H and O–H groups in total. The summed E-state index contributed by atoms with van der Waals surface area (Å²) in [5.41, 5.74) is 2.86. The standard InChI is InChI=1S/C23H22N2O3/c1-16(26)24-19-13-14-21(28-2)20(15-19)25-23(27)22(17-9-5-3-6-10-17)18-11-7-4-8-12-18/h3-15,22H,1-2H3,(H,24,26)(H,25,27). The normalized spacial score (nSPS) is 10.4. The highest BCUT2D eigenvalue weighted by Gasteiger charge is 2.23. The molecule has 0 aliphatic carbocycles. The molecule has 28 heavy (non-hydrogen) atoms. The van der Waals surface area contributed by atoms with Crippen molar-refractivity contribution in [3.63, 3.8) is 0 Å². The van der Waals surface area contributed by atoms with Gasteiger partial charge in [-0.2, -0.15) is 0 Å². The van der Waals surface area contributed by atoms with Crippen LogP contribution in [0.1, 0.15) is 24.0 Å². The van der Waals surface area contributed by atoms with Crippen molar-refractivity contribution in [2.75, 3.05) is 17.7 Å². The van der Waals surface area contributed by atoms with Gasteiger partial charge in [-0.3, -0.25) is 9.59 Å². The second-order valence-corrected chi connectivity index (χ2v) is 6.34. The third-order valence-electron chi connectivity index (χ3n) is 4.31. The van der Waals surface area contributed by atoms with Gasteiger partial charge in [-0.25, -0.2) is 0 Å². The zero-order chi connectivity index (χ0) is 19.9. The fraction of sp³-hybridized carbons (Fsp3) is 0.130. The quantitative estimate of drug-likeness (QED) is 0.671. The molecule has 5 heteroatoms. The van der Waals surface area contributed by atoms with Gasteiger partial charge in [0.1, 0.15) is 5.75 Å².